The fourth-order valence-corrected chi connectivity index (χ4v) is 1.55. The lowest BCUT2D eigenvalue weighted by atomic mass is 10.1. The predicted molar refractivity (Wildman–Crippen MR) is 58.4 cm³/mol. The zero-order chi connectivity index (χ0) is 10.1. The number of aryl methyl sites for hydroxylation is 1. The van der Waals surface area contributed by atoms with Crippen molar-refractivity contribution in [1.29, 1.82) is 0 Å². The summed E-state index contributed by atoms with van der Waals surface area (Å²) in [5.41, 5.74) is 7.50. The first-order valence-electron chi connectivity index (χ1n) is 4.62. The molecular weight excluding hydrogens is 176 g/mol. The van der Waals surface area contributed by atoms with Crippen LogP contribution in [0.1, 0.15) is 12.5 Å². The third-order valence-electron chi connectivity index (χ3n) is 2.41. The minimum Gasteiger partial charge on any atom is -0.397 e. The van der Waals surface area contributed by atoms with E-state index in [1.165, 1.54) is 5.56 Å². The fraction of sp³-hybridized carbons (Fsp3) is 0.182. The quantitative estimate of drug-likeness (QED) is 0.715. The molecule has 0 fully saturated rings. The number of nitrogens with one attached hydrogen (secondary N) is 1. The summed E-state index contributed by atoms with van der Waals surface area (Å²) in [7, 11) is 0. The number of fused-ring (bicyclic) bond motifs is 1. The van der Waals surface area contributed by atoms with E-state index < -0.39 is 0 Å². The summed E-state index contributed by atoms with van der Waals surface area (Å²) in [6.07, 6.45) is 2.49. The Labute approximate surface area is 81.6 Å². The molecule has 0 saturated heterocycles. The molecule has 1 aromatic carbocycles. The van der Waals surface area contributed by atoms with Crippen molar-refractivity contribution in [3.8, 4) is 0 Å². The highest BCUT2D eigenvalue weighted by molar-refractivity contribution is 5.92. The molecule has 0 aliphatic heterocycles. The van der Waals surface area contributed by atoms with E-state index in [9.17, 15) is 4.79 Å². The first-order valence-corrected chi connectivity index (χ1v) is 4.62. The Hall–Kier alpha value is -1.77. The van der Waals surface area contributed by atoms with Gasteiger partial charge in [-0.2, -0.15) is 0 Å². The van der Waals surface area contributed by atoms with Gasteiger partial charge in [-0.15, -0.1) is 0 Å². The molecule has 1 aromatic heterocycles. The van der Waals surface area contributed by atoms with E-state index in [1.807, 2.05) is 18.2 Å². The third kappa shape index (κ3) is 1.27. The molecule has 14 heavy (non-hydrogen) atoms. The van der Waals surface area contributed by atoms with E-state index >= 15 is 0 Å². The average Bonchev–Trinajstić information content (AvgIpc) is 2.23. The Kier molecular flexibility index (Phi) is 2.00. The number of anilines is 1. The molecular formula is C11H12N2O. The van der Waals surface area contributed by atoms with Crippen molar-refractivity contribution in [2.45, 2.75) is 13.3 Å². The summed E-state index contributed by atoms with van der Waals surface area (Å²) in [5.74, 6) is 0. The highest BCUT2D eigenvalue weighted by Crippen LogP contribution is 2.18. The van der Waals surface area contributed by atoms with Gasteiger partial charge in [-0.3, -0.25) is 4.79 Å². The van der Waals surface area contributed by atoms with Crippen molar-refractivity contribution in [2.24, 2.45) is 0 Å². The molecule has 0 aliphatic rings. The molecule has 3 N–H and O–H groups in total. The van der Waals surface area contributed by atoms with E-state index in [0.29, 0.717) is 11.1 Å². The minimum atomic E-state index is -0.0862. The van der Waals surface area contributed by atoms with Gasteiger partial charge in [-0.1, -0.05) is 13.0 Å². The SMILES string of the molecule is CCc1ccc2c(=O)[nH]cc(N)c2c1. The number of hydrogen-bond acceptors (Lipinski definition) is 2. The largest absolute Gasteiger partial charge is 0.397 e. The summed E-state index contributed by atoms with van der Waals surface area (Å²) in [5, 5.41) is 1.50. The van der Waals surface area contributed by atoms with Gasteiger partial charge in [-0.05, 0) is 24.1 Å². The average molecular weight is 188 g/mol. The Morgan fingerprint density at radius 3 is 2.86 bits per heavy atom. The predicted octanol–water partition coefficient (Wildman–Crippen LogP) is 1.67. The number of benzene rings is 1. The van der Waals surface area contributed by atoms with Crippen molar-refractivity contribution in [1.82, 2.24) is 4.98 Å². The van der Waals surface area contributed by atoms with Crippen molar-refractivity contribution in [3.05, 3.63) is 40.3 Å². The Morgan fingerprint density at radius 2 is 2.14 bits per heavy atom. The van der Waals surface area contributed by atoms with Crippen molar-refractivity contribution < 1.29 is 0 Å². The topological polar surface area (TPSA) is 58.9 Å². The van der Waals surface area contributed by atoms with Crippen LogP contribution >= 0.6 is 0 Å². The highest BCUT2D eigenvalue weighted by atomic mass is 16.1. The smallest absolute Gasteiger partial charge is 0.255 e. The number of rotatable bonds is 1. The zero-order valence-electron chi connectivity index (χ0n) is 8.00. The Balaban J connectivity index is 2.87. The number of hydrogen-bond donors (Lipinski definition) is 2. The van der Waals surface area contributed by atoms with Crippen LogP contribution in [0.2, 0.25) is 0 Å². The lowest BCUT2D eigenvalue weighted by Crippen LogP contribution is -2.07. The first kappa shape index (κ1) is 8.81. The molecule has 0 saturated carbocycles. The number of nitrogens with two attached hydrogens (primary N) is 1. The summed E-state index contributed by atoms with van der Waals surface area (Å²) in [6, 6.07) is 5.75. The second-order valence-electron chi connectivity index (χ2n) is 3.31. The number of nitrogen functional groups attached to an aromatic ring is 1. The van der Waals surface area contributed by atoms with Crippen LogP contribution in [-0.4, -0.2) is 4.98 Å². The second kappa shape index (κ2) is 3.18. The van der Waals surface area contributed by atoms with E-state index in [1.54, 1.807) is 6.20 Å². The number of pyridine rings is 1. The molecule has 72 valence electrons. The molecule has 0 unspecified atom stereocenters. The molecule has 0 spiro atoms. The lowest BCUT2D eigenvalue weighted by Gasteiger charge is -2.02. The lowest BCUT2D eigenvalue weighted by molar-refractivity contribution is 1.14. The molecule has 0 bridgehead atoms. The van der Waals surface area contributed by atoms with Crippen LogP contribution in [0.5, 0.6) is 0 Å². The van der Waals surface area contributed by atoms with Crippen LogP contribution < -0.4 is 11.3 Å². The standard InChI is InChI=1S/C11H12N2O/c1-2-7-3-4-8-9(5-7)10(12)6-13-11(8)14/h3-6H,2,12H2,1H3,(H,13,14). The summed E-state index contributed by atoms with van der Waals surface area (Å²) < 4.78 is 0. The van der Waals surface area contributed by atoms with E-state index in [2.05, 4.69) is 11.9 Å². The van der Waals surface area contributed by atoms with Gasteiger partial charge < -0.3 is 10.7 Å². The molecule has 0 atom stereocenters. The minimum absolute atomic E-state index is 0.0862. The van der Waals surface area contributed by atoms with Crippen LogP contribution in [0, 0.1) is 0 Å². The maximum Gasteiger partial charge on any atom is 0.255 e. The van der Waals surface area contributed by atoms with Crippen LogP contribution in [0.25, 0.3) is 10.8 Å². The molecule has 2 rings (SSSR count). The Bertz CT molecular complexity index is 528. The third-order valence-corrected chi connectivity index (χ3v) is 2.41. The molecule has 1 heterocycles. The van der Waals surface area contributed by atoms with Gasteiger partial charge in [0.25, 0.3) is 5.56 Å². The van der Waals surface area contributed by atoms with Gasteiger partial charge in [0, 0.05) is 17.0 Å². The summed E-state index contributed by atoms with van der Waals surface area (Å²) >= 11 is 0. The molecule has 0 radical (unpaired) electrons. The fourth-order valence-electron chi connectivity index (χ4n) is 1.55. The van der Waals surface area contributed by atoms with E-state index in [4.69, 9.17) is 5.73 Å². The second-order valence-corrected chi connectivity index (χ2v) is 3.31. The molecule has 2 aromatic rings. The molecule has 3 nitrogen and oxygen atoms in total. The van der Waals surface area contributed by atoms with Gasteiger partial charge in [0.05, 0.1) is 5.69 Å². The van der Waals surface area contributed by atoms with Crippen molar-refractivity contribution in [3.63, 3.8) is 0 Å². The normalized spacial score (nSPS) is 10.6. The maximum atomic E-state index is 11.4. The zero-order valence-corrected chi connectivity index (χ0v) is 8.00. The highest BCUT2D eigenvalue weighted by Gasteiger charge is 2.02. The van der Waals surface area contributed by atoms with Gasteiger partial charge in [0.2, 0.25) is 0 Å². The number of aromatic nitrogens is 1. The molecule has 3 heteroatoms. The van der Waals surface area contributed by atoms with Gasteiger partial charge in [0.15, 0.2) is 0 Å². The van der Waals surface area contributed by atoms with Crippen molar-refractivity contribution >= 4 is 16.5 Å². The molecule has 0 aliphatic carbocycles. The summed E-state index contributed by atoms with van der Waals surface area (Å²) in [6.45, 7) is 2.07. The van der Waals surface area contributed by atoms with Gasteiger partial charge >= 0.3 is 0 Å². The van der Waals surface area contributed by atoms with Crippen molar-refractivity contribution in [2.75, 3.05) is 5.73 Å². The Morgan fingerprint density at radius 1 is 1.36 bits per heavy atom. The first-order chi connectivity index (χ1) is 6.72. The number of aromatic amines is 1. The van der Waals surface area contributed by atoms with E-state index in [-0.39, 0.29) is 5.56 Å². The van der Waals surface area contributed by atoms with Crippen LogP contribution in [0.15, 0.2) is 29.2 Å². The van der Waals surface area contributed by atoms with Crippen LogP contribution in [0.3, 0.4) is 0 Å². The number of H-pyrrole nitrogens is 1. The van der Waals surface area contributed by atoms with Crippen LogP contribution in [-0.2, 0) is 6.42 Å². The van der Waals surface area contributed by atoms with Gasteiger partial charge in [0.1, 0.15) is 0 Å². The van der Waals surface area contributed by atoms with Crippen LogP contribution in [0.4, 0.5) is 5.69 Å². The monoisotopic (exact) mass is 188 g/mol. The van der Waals surface area contributed by atoms with Gasteiger partial charge in [-0.25, -0.2) is 0 Å². The summed E-state index contributed by atoms with van der Waals surface area (Å²) in [4.78, 5) is 14.0. The molecule has 0 amide bonds. The van der Waals surface area contributed by atoms with E-state index in [0.717, 1.165) is 11.8 Å². The maximum absolute atomic E-state index is 11.4.